The maximum atomic E-state index is 12.1. The minimum atomic E-state index is -0.0618. The van der Waals surface area contributed by atoms with Gasteiger partial charge in [-0.2, -0.15) is 5.10 Å². The lowest BCUT2D eigenvalue weighted by molar-refractivity contribution is -0.127. The molecule has 30 heavy (non-hydrogen) atoms. The molecule has 1 atom stereocenters. The highest BCUT2D eigenvalue weighted by Crippen LogP contribution is 2.21. The van der Waals surface area contributed by atoms with Crippen LogP contribution in [0.1, 0.15) is 11.7 Å². The van der Waals surface area contributed by atoms with E-state index in [-0.39, 0.29) is 42.5 Å². The molecule has 0 saturated carbocycles. The Bertz CT molecular complexity index is 691. The third-order valence-electron chi connectivity index (χ3n) is 5.14. The van der Waals surface area contributed by atoms with Gasteiger partial charge in [0.1, 0.15) is 12.6 Å². The minimum absolute atomic E-state index is 0. The molecule has 0 spiro atoms. The Labute approximate surface area is 195 Å². The predicted octanol–water partition coefficient (Wildman–Crippen LogP) is -0.223. The van der Waals surface area contributed by atoms with Gasteiger partial charge in [0.15, 0.2) is 5.96 Å². The number of guanidine groups is 1. The standard InChI is InChI=1S/C19H33N7O3.HI/c1-23(2)18(27)13-21-19(20-4-5-25-6-9-28-10-7-25)26-8-11-29-17(15-26)16-12-22-24(3)14-16;/h12,14,17H,4-11,13,15H2,1-3H3,(H,20,21);1H. The zero-order valence-corrected chi connectivity index (χ0v) is 20.4. The van der Waals surface area contributed by atoms with Gasteiger partial charge >= 0.3 is 0 Å². The van der Waals surface area contributed by atoms with Crippen molar-refractivity contribution in [2.45, 2.75) is 6.10 Å². The number of carbonyl (C=O) groups is 1. The SMILES string of the molecule is CN(C)C(=O)CN=C(NCCN1CCOCC1)N1CCOC(c2cnn(C)c2)C1.I. The number of ether oxygens (including phenoxy) is 2. The van der Waals surface area contributed by atoms with E-state index in [4.69, 9.17) is 9.47 Å². The number of carbonyl (C=O) groups excluding carboxylic acids is 1. The summed E-state index contributed by atoms with van der Waals surface area (Å²) in [6, 6.07) is 0. The number of likely N-dealkylation sites (N-methyl/N-ethyl adjacent to an activating group) is 1. The van der Waals surface area contributed by atoms with Crippen molar-refractivity contribution < 1.29 is 14.3 Å². The molecule has 11 heteroatoms. The topological polar surface area (TPSA) is 87.5 Å². The van der Waals surface area contributed by atoms with Crippen LogP contribution in [0, 0.1) is 0 Å². The summed E-state index contributed by atoms with van der Waals surface area (Å²) >= 11 is 0. The third kappa shape index (κ3) is 7.36. The molecular weight excluding hydrogens is 501 g/mol. The van der Waals surface area contributed by atoms with Gasteiger partial charge in [0.05, 0.1) is 32.6 Å². The van der Waals surface area contributed by atoms with Gasteiger partial charge in [0.2, 0.25) is 5.91 Å². The number of nitrogens with zero attached hydrogens (tertiary/aromatic N) is 6. The fourth-order valence-corrected chi connectivity index (χ4v) is 3.35. The number of hydrogen-bond acceptors (Lipinski definition) is 6. The van der Waals surface area contributed by atoms with Crippen molar-refractivity contribution in [3.05, 3.63) is 18.0 Å². The number of aromatic nitrogens is 2. The molecule has 1 unspecified atom stereocenters. The van der Waals surface area contributed by atoms with Crippen LogP contribution in [-0.4, -0.2) is 116 Å². The highest BCUT2D eigenvalue weighted by atomic mass is 127. The van der Waals surface area contributed by atoms with Crippen LogP contribution in [0.2, 0.25) is 0 Å². The van der Waals surface area contributed by atoms with Gasteiger partial charge in [-0.1, -0.05) is 0 Å². The van der Waals surface area contributed by atoms with E-state index >= 15 is 0 Å². The number of amides is 1. The highest BCUT2D eigenvalue weighted by molar-refractivity contribution is 14.0. The normalized spacial score (nSPS) is 20.6. The van der Waals surface area contributed by atoms with E-state index < -0.39 is 0 Å². The number of morpholine rings is 2. The molecular formula is C19H34IN7O3. The van der Waals surface area contributed by atoms with Gasteiger partial charge in [-0.05, 0) is 0 Å². The maximum Gasteiger partial charge on any atom is 0.243 e. The van der Waals surface area contributed by atoms with E-state index in [9.17, 15) is 4.79 Å². The summed E-state index contributed by atoms with van der Waals surface area (Å²) in [4.78, 5) is 22.8. The zero-order valence-electron chi connectivity index (χ0n) is 18.1. The molecule has 3 rings (SSSR count). The van der Waals surface area contributed by atoms with E-state index in [1.165, 1.54) is 0 Å². The number of aryl methyl sites for hydroxylation is 1. The van der Waals surface area contributed by atoms with Crippen molar-refractivity contribution in [1.29, 1.82) is 0 Å². The Hall–Kier alpha value is -1.44. The molecule has 1 N–H and O–H groups in total. The lowest BCUT2D eigenvalue weighted by Crippen LogP contribution is -2.50. The average Bonchev–Trinajstić information content (AvgIpc) is 3.17. The van der Waals surface area contributed by atoms with Gasteiger partial charge in [-0.3, -0.25) is 14.4 Å². The highest BCUT2D eigenvalue weighted by Gasteiger charge is 2.25. The second kappa shape index (κ2) is 12.4. The summed E-state index contributed by atoms with van der Waals surface area (Å²) in [6.45, 7) is 7.30. The Morgan fingerprint density at radius 1 is 1.30 bits per heavy atom. The smallest absolute Gasteiger partial charge is 0.243 e. The fraction of sp³-hybridized carbons (Fsp3) is 0.737. The maximum absolute atomic E-state index is 12.1. The van der Waals surface area contributed by atoms with Crippen molar-refractivity contribution in [3.8, 4) is 0 Å². The van der Waals surface area contributed by atoms with Gasteiger partial charge < -0.3 is 24.6 Å². The Balaban J connectivity index is 0.00000320. The van der Waals surface area contributed by atoms with E-state index in [1.807, 2.05) is 19.4 Å². The molecule has 1 aromatic rings. The molecule has 1 amide bonds. The van der Waals surface area contributed by atoms with Crippen LogP contribution in [0.25, 0.3) is 0 Å². The zero-order chi connectivity index (χ0) is 20.6. The van der Waals surface area contributed by atoms with Gasteiger partial charge in [0.25, 0.3) is 0 Å². The van der Waals surface area contributed by atoms with Crippen LogP contribution in [0.3, 0.4) is 0 Å². The number of halogens is 1. The number of hydrogen-bond donors (Lipinski definition) is 1. The molecule has 2 fully saturated rings. The van der Waals surface area contributed by atoms with Crippen molar-refractivity contribution in [2.24, 2.45) is 12.0 Å². The Kier molecular flexibility index (Phi) is 10.3. The molecule has 3 heterocycles. The lowest BCUT2D eigenvalue weighted by atomic mass is 10.1. The van der Waals surface area contributed by atoms with Crippen molar-refractivity contribution in [3.63, 3.8) is 0 Å². The van der Waals surface area contributed by atoms with Crippen LogP contribution in [0.5, 0.6) is 0 Å². The van der Waals surface area contributed by atoms with Crippen LogP contribution >= 0.6 is 24.0 Å². The summed E-state index contributed by atoms with van der Waals surface area (Å²) in [5, 5.41) is 7.70. The van der Waals surface area contributed by atoms with Crippen LogP contribution in [-0.2, 0) is 21.3 Å². The largest absolute Gasteiger partial charge is 0.379 e. The summed E-state index contributed by atoms with van der Waals surface area (Å²) in [5.41, 5.74) is 1.05. The molecule has 0 aromatic carbocycles. The number of aliphatic imine (C=N–C) groups is 1. The molecule has 0 aliphatic carbocycles. The van der Waals surface area contributed by atoms with Gasteiger partial charge in [-0.25, -0.2) is 4.99 Å². The van der Waals surface area contributed by atoms with Crippen molar-refractivity contribution >= 4 is 35.8 Å². The van der Waals surface area contributed by atoms with Crippen molar-refractivity contribution in [2.75, 3.05) is 79.7 Å². The van der Waals surface area contributed by atoms with Gasteiger partial charge in [-0.15, -0.1) is 24.0 Å². The first kappa shape index (κ1) is 24.8. The second-order valence-corrected chi connectivity index (χ2v) is 7.56. The summed E-state index contributed by atoms with van der Waals surface area (Å²) in [5.74, 6) is 0.736. The third-order valence-corrected chi connectivity index (χ3v) is 5.14. The fourth-order valence-electron chi connectivity index (χ4n) is 3.35. The minimum Gasteiger partial charge on any atom is -0.379 e. The summed E-state index contributed by atoms with van der Waals surface area (Å²) < 4.78 is 13.1. The van der Waals surface area contributed by atoms with Crippen LogP contribution in [0.4, 0.5) is 0 Å². The van der Waals surface area contributed by atoms with E-state index in [2.05, 4.69) is 25.2 Å². The van der Waals surface area contributed by atoms with Crippen molar-refractivity contribution in [1.82, 2.24) is 29.8 Å². The first-order chi connectivity index (χ1) is 14.0. The second-order valence-electron chi connectivity index (χ2n) is 7.56. The quantitative estimate of drug-likeness (QED) is 0.306. The predicted molar refractivity (Wildman–Crippen MR) is 125 cm³/mol. The summed E-state index contributed by atoms with van der Waals surface area (Å²) in [6.07, 6.45) is 3.76. The first-order valence-electron chi connectivity index (χ1n) is 10.2. The monoisotopic (exact) mass is 535 g/mol. The van der Waals surface area contributed by atoms with E-state index in [1.54, 1.807) is 23.7 Å². The Morgan fingerprint density at radius 2 is 2.07 bits per heavy atom. The first-order valence-corrected chi connectivity index (χ1v) is 10.2. The van der Waals surface area contributed by atoms with Crippen LogP contribution in [0.15, 0.2) is 17.4 Å². The van der Waals surface area contributed by atoms with E-state index in [0.717, 1.165) is 57.5 Å². The summed E-state index contributed by atoms with van der Waals surface area (Å²) in [7, 11) is 5.39. The van der Waals surface area contributed by atoms with Crippen LogP contribution < -0.4 is 5.32 Å². The average molecular weight is 535 g/mol. The molecule has 170 valence electrons. The number of nitrogens with one attached hydrogen (secondary N) is 1. The number of rotatable bonds is 6. The van der Waals surface area contributed by atoms with Gasteiger partial charge in [0, 0.05) is 65.6 Å². The lowest BCUT2D eigenvalue weighted by Gasteiger charge is -2.35. The molecule has 10 nitrogen and oxygen atoms in total. The molecule has 0 bridgehead atoms. The molecule has 1 aromatic heterocycles. The molecule has 2 aliphatic heterocycles. The molecule has 2 aliphatic rings. The Morgan fingerprint density at radius 3 is 2.73 bits per heavy atom. The molecule has 2 saturated heterocycles. The van der Waals surface area contributed by atoms with E-state index in [0.29, 0.717) is 13.2 Å². The molecule has 0 radical (unpaired) electrons.